The molecule has 0 radical (unpaired) electrons. The summed E-state index contributed by atoms with van der Waals surface area (Å²) in [6.07, 6.45) is 2.62. The van der Waals surface area contributed by atoms with Crippen LogP contribution in [0.15, 0.2) is 63.5 Å². The highest BCUT2D eigenvalue weighted by atomic mass is 32.1. The first-order chi connectivity index (χ1) is 17.0. The number of thiazole rings is 1. The van der Waals surface area contributed by atoms with E-state index < -0.39 is 12.0 Å². The normalized spacial score (nSPS) is 16.7. The Morgan fingerprint density at radius 2 is 2.03 bits per heavy atom. The van der Waals surface area contributed by atoms with Crippen LogP contribution in [0, 0.1) is 0 Å². The Balaban J connectivity index is 1.70. The molecule has 2 aliphatic rings. The number of hydrogen-bond acceptors (Lipinski definition) is 8. The number of ether oxygens (including phenoxy) is 4. The Morgan fingerprint density at radius 3 is 2.83 bits per heavy atom. The molecule has 0 unspecified atom stereocenters. The van der Waals surface area contributed by atoms with E-state index in [4.69, 9.17) is 18.9 Å². The zero-order valence-electron chi connectivity index (χ0n) is 19.6. The van der Waals surface area contributed by atoms with Gasteiger partial charge in [0.15, 0.2) is 16.3 Å². The quantitative estimate of drug-likeness (QED) is 0.492. The van der Waals surface area contributed by atoms with E-state index >= 15 is 0 Å². The molecular formula is C26H24N2O6S. The number of rotatable bonds is 6. The van der Waals surface area contributed by atoms with Crippen molar-refractivity contribution in [2.75, 3.05) is 20.5 Å². The molecule has 180 valence electrons. The smallest absolute Gasteiger partial charge is 0.338 e. The van der Waals surface area contributed by atoms with Crippen LogP contribution >= 0.6 is 11.3 Å². The second kappa shape index (κ2) is 9.42. The van der Waals surface area contributed by atoms with Crippen molar-refractivity contribution in [3.05, 3.63) is 84.5 Å². The monoisotopic (exact) mass is 492 g/mol. The second-order valence-corrected chi connectivity index (χ2v) is 9.08. The van der Waals surface area contributed by atoms with Gasteiger partial charge in [0.2, 0.25) is 6.79 Å². The summed E-state index contributed by atoms with van der Waals surface area (Å²) in [5.74, 6) is 1.38. The Labute approximate surface area is 205 Å². The van der Waals surface area contributed by atoms with Gasteiger partial charge in [-0.1, -0.05) is 42.5 Å². The molecule has 1 aromatic heterocycles. The van der Waals surface area contributed by atoms with Crippen molar-refractivity contribution in [1.82, 2.24) is 4.57 Å². The minimum absolute atomic E-state index is 0.177. The third kappa shape index (κ3) is 4.12. The van der Waals surface area contributed by atoms with Crippen molar-refractivity contribution < 1.29 is 23.7 Å². The van der Waals surface area contributed by atoms with Crippen LogP contribution in [0.3, 0.4) is 0 Å². The van der Waals surface area contributed by atoms with Crippen LogP contribution < -0.4 is 29.1 Å². The summed E-state index contributed by atoms with van der Waals surface area (Å²) in [6.45, 7) is 4.46. The maximum absolute atomic E-state index is 13.7. The average Bonchev–Trinajstić information content (AvgIpc) is 3.45. The Bertz CT molecular complexity index is 1520. The van der Waals surface area contributed by atoms with Crippen LogP contribution in [0.4, 0.5) is 0 Å². The zero-order chi connectivity index (χ0) is 24.5. The number of fused-ring (bicyclic) bond motifs is 2. The number of allylic oxidation sites excluding steroid dienone is 1. The standard InChI is InChI=1S/C26H24N2O6S/c1-4-11-32-18-8-6-5-7-17(18)23-22(25(30)31-3)15(2)27-26-28(23)24(29)21(35-26)13-16-9-10-19-20(12-16)34-14-33-19/h5-10,12-13,23H,4,11,14H2,1-3H3/b21-13-/t23-/m0/s1. The number of para-hydroxylation sites is 1. The first-order valence-electron chi connectivity index (χ1n) is 11.2. The summed E-state index contributed by atoms with van der Waals surface area (Å²) < 4.78 is 24.0. The number of aromatic nitrogens is 1. The van der Waals surface area contributed by atoms with Gasteiger partial charge >= 0.3 is 5.97 Å². The van der Waals surface area contributed by atoms with Crippen LogP contribution in [-0.4, -0.2) is 31.0 Å². The lowest BCUT2D eigenvalue weighted by Crippen LogP contribution is -2.40. The van der Waals surface area contributed by atoms with E-state index in [0.717, 1.165) is 12.0 Å². The minimum Gasteiger partial charge on any atom is -0.493 e. The van der Waals surface area contributed by atoms with Crippen molar-refractivity contribution >= 4 is 23.4 Å². The molecule has 9 heteroatoms. The predicted octanol–water partition coefficient (Wildman–Crippen LogP) is 2.93. The SMILES string of the molecule is CCCOc1ccccc1[C@H]1C(C(=O)OC)=C(C)N=c2s/c(=C\c3ccc4c(c3)OCO4)c(=O)n21. The number of carbonyl (C=O) groups excluding carboxylic acids is 1. The minimum atomic E-state index is -0.731. The van der Waals surface area contributed by atoms with E-state index in [1.165, 1.54) is 18.4 Å². The van der Waals surface area contributed by atoms with E-state index in [0.29, 0.717) is 50.0 Å². The molecule has 0 N–H and O–H groups in total. The molecule has 0 aliphatic carbocycles. The van der Waals surface area contributed by atoms with Gasteiger partial charge in [0.05, 0.1) is 29.5 Å². The van der Waals surface area contributed by atoms with Gasteiger partial charge in [0, 0.05) is 5.56 Å². The van der Waals surface area contributed by atoms with Gasteiger partial charge in [-0.25, -0.2) is 9.79 Å². The molecule has 0 amide bonds. The summed E-state index contributed by atoms with van der Waals surface area (Å²) in [7, 11) is 1.32. The molecule has 5 rings (SSSR count). The maximum Gasteiger partial charge on any atom is 0.338 e. The molecular weight excluding hydrogens is 468 g/mol. The lowest BCUT2D eigenvalue weighted by Gasteiger charge is -2.26. The lowest BCUT2D eigenvalue weighted by atomic mass is 9.95. The number of benzene rings is 2. The fraction of sp³-hybridized carbons (Fsp3) is 0.269. The van der Waals surface area contributed by atoms with E-state index in [1.807, 2.05) is 49.4 Å². The molecule has 2 aromatic carbocycles. The Morgan fingerprint density at radius 1 is 1.23 bits per heavy atom. The van der Waals surface area contributed by atoms with Crippen LogP contribution in [-0.2, 0) is 9.53 Å². The number of methoxy groups -OCH3 is 1. The average molecular weight is 493 g/mol. The van der Waals surface area contributed by atoms with E-state index in [1.54, 1.807) is 17.6 Å². The molecule has 0 saturated heterocycles. The van der Waals surface area contributed by atoms with Crippen LogP contribution in [0.2, 0.25) is 0 Å². The molecule has 0 spiro atoms. The van der Waals surface area contributed by atoms with Gasteiger partial charge in [-0.15, -0.1) is 0 Å². The molecule has 0 fully saturated rings. The largest absolute Gasteiger partial charge is 0.493 e. The summed E-state index contributed by atoms with van der Waals surface area (Å²) in [5.41, 5.74) is 2.05. The van der Waals surface area contributed by atoms with E-state index in [2.05, 4.69) is 4.99 Å². The molecule has 0 saturated carbocycles. The molecule has 2 aliphatic heterocycles. The Kier molecular flexibility index (Phi) is 6.17. The zero-order valence-corrected chi connectivity index (χ0v) is 20.4. The Hall–Kier alpha value is -3.85. The van der Waals surface area contributed by atoms with Crippen LogP contribution in [0.5, 0.6) is 17.2 Å². The summed E-state index contributed by atoms with van der Waals surface area (Å²) in [4.78, 5) is 31.7. The summed E-state index contributed by atoms with van der Waals surface area (Å²) in [5, 5.41) is 0. The van der Waals surface area contributed by atoms with Crippen LogP contribution in [0.25, 0.3) is 6.08 Å². The highest BCUT2D eigenvalue weighted by Crippen LogP contribution is 2.36. The van der Waals surface area contributed by atoms with Gasteiger partial charge < -0.3 is 18.9 Å². The highest BCUT2D eigenvalue weighted by Gasteiger charge is 2.34. The number of nitrogens with zero attached hydrogens (tertiary/aromatic N) is 2. The van der Waals surface area contributed by atoms with Gasteiger partial charge in [0.1, 0.15) is 11.8 Å². The van der Waals surface area contributed by atoms with Gasteiger partial charge in [-0.2, -0.15) is 0 Å². The first-order valence-corrected chi connectivity index (χ1v) is 12.1. The fourth-order valence-electron chi connectivity index (χ4n) is 4.19. The summed E-state index contributed by atoms with van der Waals surface area (Å²) in [6, 6.07) is 12.2. The molecule has 0 bridgehead atoms. The van der Waals surface area contributed by atoms with Crippen molar-refractivity contribution in [2.24, 2.45) is 4.99 Å². The first kappa shape index (κ1) is 22.9. The van der Waals surface area contributed by atoms with Gasteiger partial charge in [-0.3, -0.25) is 9.36 Å². The fourth-order valence-corrected chi connectivity index (χ4v) is 5.24. The molecule has 1 atom stereocenters. The van der Waals surface area contributed by atoms with Crippen molar-refractivity contribution in [2.45, 2.75) is 26.3 Å². The molecule has 35 heavy (non-hydrogen) atoms. The number of carbonyl (C=O) groups is 1. The number of esters is 1. The van der Waals surface area contributed by atoms with Crippen molar-refractivity contribution in [3.8, 4) is 17.2 Å². The molecule has 8 nitrogen and oxygen atoms in total. The van der Waals surface area contributed by atoms with Crippen LogP contribution in [0.1, 0.15) is 37.4 Å². The lowest BCUT2D eigenvalue weighted by molar-refractivity contribution is -0.136. The third-order valence-electron chi connectivity index (χ3n) is 5.80. The number of hydrogen-bond donors (Lipinski definition) is 0. The van der Waals surface area contributed by atoms with E-state index in [9.17, 15) is 9.59 Å². The summed E-state index contributed by atoms with van der Waals surface area (Å²) >= 11 is 1.27. The van der Waals surface area contributed by atoms with E-state index in [-0.39, 0.29) is 12.4 Å². The van der Waals surface area contributed by atoms with Gasteiger partial charge in [0.25, 0.3) is 5.56 Å². The maximum atomic E-state index is 13.7. The van der Waals surface area contributed by atoms with Crippen molar-refractivity contribution in [3.63, 3.8) is 0 Å². The topological polar surface area (TPSA) is 88.4 Å². The van der Waals surface area contributed by atoms with Gasteiger partial charge in [-0.05, 0) is 43.2 Å². The highest BCUT2D eigenvalue weighted by molar-refractivity contribution is 7.07. The second-order valence-electron chi connectivity index (χ2n) is 8.07. The predicted molar refractivity (Wildman–Crippen MR) is 131 cm³/mol. The molecule has 3 heterocycles. The molecule has 3 aromatic rings. The third-order valence-corrected chi connectivity index (χ3v) is 6.78. The van der Waals surface area contributed by atoms with Crippen molar-refractivity contribution in [1.29, 1.82) is 0 Å².